The highest BCUT2D eigenvalue weighted by atomic mass is 16.5. The van der Waals surface area contributed by atoms with Crippen LogP contribution in [0.1, 0.15) is 47.5 Å². The third-order valence-electron chi connectivity index (χ3n) is 3.80. The van der Waals surface area contributed by atoms with Crippen molar-refractivity contribution in [2.45, 2.75) is 59.7 Å². The summed E-state index contributed by atoms with van der Waals surface area (Å²) in [6.07, 6.45) is 0.992. The van der Waals surface area contributed by atoms with E-state index in [0.29, 0.717) is 17.8 Å². The van der Waals surface area contributed by atoms with Gasteiger partial charge in [0.1, 0.15) is 11.9 Å². The van der Waals surface area contributed by atoms with Gasteiger partial charge in [-0.15, -0.1) is 0 Å². The first kappa shape index (κ1) is 14.2. The Morgan fingerprint density at radius 1 is 1.41 bits per heavy atom. The summed E-state index contributed by atoms with van der Waals surface area (Å²) in [5.74, 6) is 0.669. The molecule has 0 amide bonds. The number of ketones is 1. The van der Waals surface area contributed by atoms with E-state index >= 15 is 0 Å². The van der Waals surface area contributed by atoms with Crippen LogP contribution in [0.4, 0.5) is 0 Å². The predicted octanol–water partition coefficient (Wildman–Crippen LogP) is 2.68. The molecule has 0 saturated heterocycles. The summed E-state index contributed by atoms with van der Waals surface area (Å²) >= 11 is 0. The van der Waals surface area contributed by atoms with E-state index in [1.807, 2.05) is 27.7 Å². The van der Waals surface area contributed by atoms with Crippen molar-refractivity contribution in [3.63, 3.8) is 0 Å². The van der Waals surface area contributed by atoms with Crippen molar-refractivity contribution >= 4 is 5.78 Å². The Hall–Kier alpha value is -0.830. The van der Waals surface area contributed by atoms with Gasteiger partial charge in [-0.25, -0.2) is 0 Å². The number of ether oxygens (including phenoxy) is 1. The van der Waals surface area contributed by atoms with Crippen LogP contribution in [0.2, 0.25) is 0 Å². The molecule has 1 aliphatic rings. The molecule has 4 atom stereocenters. The summed E-state index contributed by atoms with van der Waals surface area (Å²) in [6.45, 7) is 9.59. The van der Waals surface area contributed by atoms with Gasteiger partial charge in [-0.05, 0) is 19.8 Å². The van der Waals surface area contributed by atoms with Crippen LogP contribution in [0, 0.1) is 11.8 Å². The molecule has 17 heavy (non-hydrogen) atoms. The average molecular weight is 240 g/mol. The molecule has 0 aromatic carbocycles. The molecule has 0 aliphatic carbocycles. The molecule has 98 valence electrons. The number of carbonyl (C=O) groups is 1. The highest BCUT2D eigenvalue weighted by molar-refractivity contribution is 5.98. The number of hydrogen-bond donors (Lipinski definition) is 1. The summed E-state index contributed by atoms with van der Waals surface area (Å²) in [6, 6.07) is 0. The summed E-state index contributed by atoms with van der Waals surface area (Å²) in [7, 11) is 0. The zero-order chi connectivity index (χ0) is 13.2. The maximum absolute atomic E-state index is 12.1. The van der Waals surface area contributed by atoms with E-state index in [1.165, 1.54) is 0 Å². The highest BCUT2D eigenvalue weighted by Gasteiger charge is 2.35. The number of rotatable bonds is 4. The van der Waals surface area contributed by atoms with Crippen LogP contribution >= 0.6 is 0 Å². The third kappa shape index (κ3) is 2.71. The van der Waals surface area contributed by atoms with Crippen LogP contribution in [-0.4, -0.2) is 23.1 Å². The average Bonchev–Trinajstić information content (AvgIpc) is 2.34. The Labute approximate surface area is 104 Å². The van der Waals surface area contributed by atoms with Gasteiger partial charge in [-0.2, -0.15) is 0 Å². The quantitative estimate of drug-likeness (QED) is 0.821. The normalized spacial score (nSPS) is 28.9. The minimum Gasteiger partial charge on any atom is -0.493 e. The molecule has 1 aliphatic heterocycles. The van der Waals surface area contributed by atoms with Gasteiger partial charge in [0.05, 0.1) is 12.0 Å². The summed E-state index contributed by atoms with van der Waals surface area (Å²) in [5, 5.41) is 9.88. The summed E-state index contributed by atoms with van der Waals surface area (Å²) < 4.78 is 5.91. The van der Waals surface area contributed by atoms with Crippen molar-refractivity contribution in [3.8, 4) is 0 Å². The van der Waals surface area contributed by atoms with Gasteiger partial charge >= 0.3 is 0 Å². The number of Topliss-reactive ketones (excluding diaryl/α,β-unsaturated/α-hetero) is 1. The van der Waals surface area contributed by atoms with Crippen LogP contribution < -0.4 is 0 Å². The second-order valence-corrected chi connectivity index (χ2v) is 4.97. The first-order valence-electron chi connectivity index (χ1n) is 6.53. The van der Waals surface area contributed by atoms with Gasteiger partial charge in [0.15, 0.2) is 5.78 Å². The molecular formula is C14H24O3. The van der Waals surface area contributed by atoms with Crippen molar-refractivity contribution in [3.05, 3.63) is 11.3 Å². The second kappa shape index (κ2) is 5.67. The minimum absolute atomic E-state index is 0.0484. The predicted molar refractivity (Wildman–Crippen MR) is 67.5 cm³/mol. The standard InChI is InChI=1S/C14H24O3/c1-6-11(15)8(3)14-10(5)13(16)9(4)12(7-2)17-14/h8-9,11-12,15H,6-7H2,1-5H3/t8?,9-,11?,12+/m1/s1. The van der Waals surface area contributed by atoms with E-state index in [4.69, 9.17) is 4.74 Å². The fourth-order valence-corrected chi connectivity index (χ4v) is 2.40. The van der Waals surface area contributed by atoms with Crippen molar-refractivity contribution < 1.29 is 14.6 Å². The van der Waals surface area contributed by atoms with E-state index < -0.39 is 6.10 Å². The number of carbonyl (C=O) groups excluding carboxylic acids is 1. The first-order chi connectivity index (χ1) is 7.93. The van der Waals surface area contributed by atoms with Gasteiger partial charge in [0, 0.05) is 11.5 Å². The lowest BCUT2D eigenvalue weighted by Crippen LogP contribution is -2.37. The fraction of sp³-hybridized carbons (Fsp3) is 0.786. The Morgan fingerprint density at radius 2 is 2.00 bits per heavy atom. The van der Waals surface area contributed by atoms with Crippen LogP contribution in [0.25, 0.3) is 0 Å². The van der Waals surface area contributed by atoms with E-state index in [-0.39, 0.29) is 23.7 Å². The first-order valence-corrected chi connectivity index (χ1v) is 6.53. The van der Waals surface area contributed by atoms with Crippen molar-refractivity contribution in [2.75, 3.05) is 0 Å². The Bertz CT molecular complexity index is 319. The number of aliphatic hydroxyl groups excluding tert-OH is 1. The van der Waals surface area contributed by atoms with Gasteiger partial charge in [-0.3, -0.25) is 4.79 Å². The molecule has 2 unspecified atom stereocenters. The number of allylic oxidation sites excluding steroid dienone is 1. The molecule has 0 saturated carbocycles. The molecule has 0 bridgehead atoms. The van der Waals surface area contributed by atoms with Crippen LogP contribution in [0.3, 0.4) is 0 Å². The van der Waals surface area contributed by atoms with Crippen LogP contribution in [-0.2, 0) is 9.53 Å². The maximum atomic E-state index is 12.1. The summed E-state index contributed by atoms with van der Waals surface area (Å²) in [4.78, 5) is 12.1. The molecule has 0 fully saturated rings. The smallest absolute Gasteiger partial charge is 0.168 e. The largest absolute Gasteiger partial charge is 0.493 e. The minimum atomic E-state index is -0.446. The molecule has 3 heteroatoms. The highest BCUT2D eigenvalue weighted by Crippen LogP contribution is 2.32. The van der Waals surface area contributed by atoms with Gasteiger partial charge in [-0.1, -0.05) is 27.7 Å². The van der Waals surface area contributed by atoms with Crippen molar-refractivity contribution in [2.24, 2.45) is 11.8 Å². The Morgan fingerprint density at radius 3 is 2.47 bits per heavy atom. The molecule has 0 spiro atoms. The molecule has 1 rings (SSSR count). The molecule has 1 heterocycles. The topological polar surface area (TPSA) is 46.5 Å². The fourth-order valence-electron chi connectivity index (χ4n) is 2.40. The maximum Gasteiger partial charge on any atom is 0.168 e. The number of hydrogen-bond acceptors (Lipinski definition) is 3. The van der Waals surface area contributed by atoms with E-state index in [1.54, 1.807) is 6.92 Å². The lowest BCUT2D eigenvalue weighted by atomic mass is 9.86. The third-order valence-corrected chi connectivity index (χ3v) is 3.80. The Balaban J connectivity index is 3.01. The molecule has 0 radical (unpaired) electrons. The molecule has 0 aromatic rings. The lowest BCUT2D eigenvalue weighted by molar-refractivity contribution is -0.126. The van der Waals surface area contributed by atoms with Crippen LogP contribution in [0.15, 0.2) is 11.3 Å². The molecule has 3 nitrogen and oxygen atoms in total. The van der Waals surface area contributed by atoms with Gasteiger partial charge in [0.2, 0.25) is 0 Å². The van der Waals surface area contributed by atoms with E-state index in [2.05, 4.69) is 0 Å². The summed E-state index contributed by atoms with van der Waals surface area (Å²) in [5.41, 5.74) is 0.683. The second-order valence-electron chi connectivity index (χ2n) is 4.97. The zero-order valence-electron chi connectivity index (χ0n) is 11.5. The monoisotopic (exact) mass is 240 g/mol. The number of aliphatic hydroxyl groups is 1. The molecule has 0 aromatic heterocycles. The van der Waals surface area contributed by atoms with Gasteiger partial charge in [0.25, 0.3) is 0 Å². The van der Waals surface area contributed by atoms with Crippen LogP contribution in [0.5, 0.6) is 0 Å². The Kier molecular flexibility index (Phi) is 4.75. The molecular weight excluding hydrogens is 216 g/mol. The SMILES string of the molecule is CCC(O)C(C)C1=C(C)C(=O)[C@H](C)[C@H](CC)O1. The van der Waals surface area contributed by atoms with E-state index in [0.717, 1.165) is 6.42 Å². The molecule has 1 N–H and O–H groups in total. The van der Waals surface area contributed by atoms with E-state index in [9.17, 15) is 9.90 Å². The van der Waals surface area contributed by atoms with Crippen molar-refractivity contribution in [1.82, 2.24) is 0 Å². The zero-order valence-corrected chi connectivity index (χ0v) is 11.5. The lowest BCUT2D eigenvalue weighted by Gasteiger charge is -2.34. The van der Waals surface area contributed by atoms with Crippen molar-refractivity contribution in [1.29, 1.82) is 0 Å². The van der Waals surface area contributed by atoms with Gasteiger partial charge < -0.3 is 9.84 Å².